The molecule has 0 aromatic carbocycles. The van der Waals surface area contributed by atoms with Crippen LogP contribution in [0.4, 0.5) is 0 Å². The van der Waals surface area contributed by atoms with E-state index in [1.807, 2.05) is 20.8 Å². The SMILES string of the molecule is CC(C)CCS(=O)(=O)NC(=O)C1CC1C. The van der Waals surface area contributed by atoms with Crippen molar-refractivity contribution in [3.8, 4) is 0 Å². The molecule has 1 amide bonds. The van der Waals surface area contributed by atoms with Crippen molar-refractivity contribution in [1.29, 1.82) is 0 Å². The first-order valence-electron chi connectivity index (χ1n) is 5.36. The van der Waals surface area contributed by atoms with Gasteiger partial charge in [0.25, 0.3) is 0 Å². The first kappa shape index (κ1) is 12.5. The highest BCUT2D eigenvalue weighted by Gasteiger charge is 2.40. The lowest BCUT2D eigenvalue weighted by Crippen LogP contribution is -2.34. The van der Waals surface area contributed by atoms with Gasteiger partial charge in [0.15, 0.2) is 0 Å². The van der Waals surface area contributed by atoms with Crippen molar-refractivity contribution < 1.29 is 13.2 Å². The van der Waals surface area contributed by atoms with Crippen LogP contribution in [0.5, 0.6) is 0 Å². The van der Waals surface area contributed by atoms with Crippen LogP contribution in [0, 0.1) is 17.8 Å². The maximum Gasteiger partial charge on any atom is 0.236 e. The molecule has 1 fully saturated rings. The fourth-order valence-electron chi connectivity index (χ4n) is 1.36. The van der Waals surface area contributed by atoms with Crippen molar-refractivity contribution in [3.05, 3.63) is 0 Å². The Bertz CT molecular complexity index is 335. The van der Waals surface area contributed by atoms with E-state index in [1.54, 1.807) is 0 Å². The number of carbonyl (C=O) groups is 1. The maximum absolute atomic E-state index is 11.5. The number of nitrogens with one attached hydrogen (secondary N) is 1. The molecule has 88 valence electrons. The highest BCUT2D eigenvalue weighted by Crippen LogP contribution is 2.37. The summed E-state index contributed by atoms with van der Waals surface area (Å²) in [6.45, 7) is 5.87. The van der Waals surface area contributed by atoms with E-state index in [4.69, 9.17) is 0 Å². The van der Waals surface area contributed by atoms with Gasteiger partial charge < -0.3 is 0 Å². The predicted octanol–water partition coefficient (Wildman–Crippen LogP) is 1.13. The molecule has 1 N–H and O–H groups in total. The van der Waals surface area contributed by atoms with Crippen molar-refractivity contribution >= 4 is 15.9 Å². The molecule has 1 aliphatic carbocycles. The molecule has 1 rings (SSSR count). The minimum atomic E-state index is -3.40. The van der Waals surface area contributed by atoms with Crippen molar-refractivity contribution in [2.75, 3.05) is 5.75 Å². The minimum absolute atomic E-state index is 0.0392. The maximum atomic E-state index is 11.5. The van der Waals surface area contributed by atoms with Gasteiger partial charge in [0.1, 0.15) is 0 Å². The summed E-state index contributed by atoms with van der Waals surface area (Å²) in [6.07, 6.45) is 1.40. The molecule has 2 unspecified atom stereocenters. The standard InChI is InChI=1S/C10H19NO3S/c1-7(2)4-5-15(13,14)11-10(12)9-6-8(9)3/h7-9H,4-6H2,1-3H3,(H,11,12). The van der Waals surface area contributed by atoms with Gasteiger partial charge in [-0.2, -0.15) is 0 Å². The molecular weight excluding hydrogens is 214 g/mol. The molecule has 0 saturated heterocycles. The van der Waals surface area contributed by atoms with E-state index in [2.05, 4.69) is 4.72 Å². The summed E-state index contributed by atoms with van der Waals surface area (Å²) in [6, 6.07) is 0. The molecule has 1 aliphatic rings. The van der Waals surface area contributed by atoms with E-state index in [0.29, 0.717) is 18.3 Å². The Morgan fingerprint density at radius 1 is 1.47 bits per heavy atom. The summed E-state index contributed by atoms with van der Waals surface area (Å²) in [7, 11) is -3.40. The van der Waals surface area contributed by atoms with Crippen LogP contribution in [0.3, 0.4) is 0 Å². The van der Waals surface area contributed by atoms with E-state index in [9.17, 15) is 13.2 Å². The van der Waals surface area contributed by atoms with Crippen LogP contribution in [-0.2, 0) is 14.8 Å². The summed E-state index contributed by atoms with van der Waals surface area (Å²) in [5.74, 6) is 0.296. The number of carbonyl (C=O) groups excluding carboxylic acids is 1. The minimum Gasteiger partial charge on any atom is -0.274 e. The number of hydrogen-bond donors (Lipinski definition) is 1. The number of amides is 1. The first-order chi connectivity index (χ1) is 6.82. The molecule has 0 bridgehead atoms. The third-order valence-corrected chi connectivity index (χ3v) is 3.95. The number of hydrogen-bond acceptors (Lipinski definition) is 3. The third-order valence-electron chi connectivity index (χ3n) is 2.67. The van der Waals surface area contributed by atoms with E-state index in [1.165, 1.54) is 0 Å². The Balaban J connectivity index is 2.39. The average molecular weight is 233 g/mol. The van der Waals surface area contributed by atoms with E-state index in [-0.39, 0.29) is 17.6 Å². The number of rotatable bonds is 5. The first-order valence-corrected chi connectivity index (χ1v) is 7.01. The highest BCUT2D eigenvalue weighted by atomic mass is 32.2. The smallest absolute Gasteiger partial charge is 0.236 e. The molecule has 5 heteroatoms. The largest absolute Gasteiger partial charge is 0.274 e. The van der Waals surface area contributed by atoms with Gasteiger partial charge in [0.05, 0.1) is 5.75 Å². The van der Waals surface area contributed by atoms with Gasteiger partial charge in [0.2, 0.25) is 15.9 Å². The van der Waals surface area contributed by atoms with Gasteiger partial charge in [0, 0.05) is 5.92 Å². The second-order valence-electron chi connectivity index (χ2n) is 4.79. The highest BCUT2D eigenvalue weighted by molar-refractivity contribution is 7.90. The Hall–Kier alpha value is -0.580. The van der Waals surface area contributed by atoms with Crippen LogP contribution in [0.1, 0.15) is 33.6 Å². The average Bonchev–Trinajstić information content (AvgIpc) is 2.79. The second kappa shape index (κ2) is 4.51. The molecule has 0 spiro atoms. The monoisotopic (exact) mass is 233 g/mol. The topological polar surface area (TPSA) is 63.2 Å². The number of sulfonamides is 1. The van der Waals surface area contributed by atoms with Crippen molar-refractivity contribution in [2.45, 2.75) is 33.6 Å². The third kappa shape index (κ3) is 4.20. The molecule has 4 nitrogen and oxygen atoms in total. The zero-order chi connectivity index (χ0) is 11.6. The summed E-state index contributed by atoms with van der Waals surface area (Å²) in [4.78, 5) is 11.4. The van der Waals surface area contributed by atoms with Gasteiger partial charge in [-0.1, -0.05) is 20.8 Å². The van der Waals surface area contributed by atoms with Crippen LogP contribution in [0.15, 0.2) is 0 Å². The van der Waals surface area contributed by atoms with Crippen LogP contribution < -0.4 is 4.72 Å². The van der Waals surface area contributed by atoms with Gasteiger partial charge >= 0.3 is 0 Å². The molecule has 0 aromatic rings. The van der Waals surface area contributed by atoms with Crippen LogP contribution in [-0.4, -0.2) is 20.1 Å². The molecule has 15 heavy (non-hydrogen) atoms. The molecule has 0 radical (unpaired) electrons. The Labute approximate surface area is 91.5 Å². The fourth-order valence-corrected chi connectivity index (χ4v) is 2.70. The molecule has 0 aliphatic heterocycles. The fraction of sp³-hybridized carbons (Fsp3) is 0.900. The molecule has 1 saturated carbocycles. The predicted molar refractivity (Wildman–Crippen MR) is 58.7 cm³/mol. The summed E-state index contributed by atoms with van der Waals surface area (Å²) in [5.41, 5.74) is 0. The zero-order valence-corrected chi connectivity index (χ0v) is 10.3. The Morgan fingerprint density at radius 2 is 2.00 bits per heavy atom. The van der Waals surface area contributed by atoms with Crippen molar-refractivity contribution in [3.63, 3.8) is 0 Å². The van der Waals surface area contributed by atoms with E-state index < -0.39 is 10.0 Å². The lowest BCUT2D eigenvalue weighted by molar-refractivity contribution is -0.120. The molecule has 0 aromatic heterocycles. The molecule has 2 atom stereocenters. The van der Waals surface area contributed by atoms with E-state index in [0.717, 1.165) is 6.42 Å². The lowest BCUT2D eigenvalue weighted by Gasteiger charge is -2.07. The molecule has 0 heterocycles. The zero-order valence-electron chi connectivity index (χ0n) is 9.49. The molecular formula is C10H19NO3S. The second-order valence-corrected chi connectivity index (χ2v) is 6.63. The Morgan fingerprint density at radius 3 is 2.40 bits per heavy atom. The van der Waals surface area contributed by atoms with Crippen LogP contribution in [0.2, 0.25) is 0 Å². The summed E-state index contributed by atoms with van der Waals surface area (Å²) >= 11 is 0. The van der Waals surface area contributed by atoms with Crippen LogP contribution in [0.25, 0.3) is 0 Å². The van der Waals surface area contributed by atoms with Gasteiger partial charge in [-0.3, -0.25) is 9.52 Å². The lowest BCUT2D eigenvalue weighted by atomic mass is 10.2. The van der Waals surface area contributed by atoms with Crippen LogP contribution >= 0.6 is 0 Å². The Kier molecular flexibility index (Phi) is 3.76. The van der Waals surface area contributed by atoms with Gasteiger partial charge in [-0.05, 0) is 24.7 Å². The van der Waals surface area contributed by atoms with Gasteiger partial charge in [-0.25, -0.2) is 8.42 Å². The quantitative estimate of drug-likeness (QED) is 0.774. The van der Waals surface area contributed by atoms with E-state index >= 15 is 0 Å². The van der Waals surface area contributed by atoms with Gasteiger partial charge in [-0.15, -0.1) is 0 Å². The van der Waals surface area contributed by atoms with Crippen molar-refractivity contribution in [1.82, 2.24) is 4.72 Å². The summed E-state index contributed by atoms with van der Waals surface area (Å²) < 4.78 is 25.0. The normalized spacial score (nSPS) is 25.3. The summed E-state index contributed by atoms with van der Waals surface area (Å²) in [5, 5.41) is 0. The van der Waals surface area contributed by atoms with Crippen molar-refractivity contribution in [2.24, 2.45) is 17.8 Å².